The zero-order valence-electron chi connectivity index (χ0n) is 16.0. The third-order valence-corrected chi connectivity index (χ3v) is 5.88. The van der Waals surface area contributed by atoms with E-state index in [1.54, 1.807) is 7.11 Å². The largest absolute Gasteiger partial charge is 0.496 e. The number of benzene rings is 2. The molecule has 1 aliphatic heterocycles. The van der Waals surface area contributed by atoms with Crippen LogP contribution in [0.25, 0.3) is 0 Å². The van der Waals surface area contributed by atoms with Gasteiger partial charge in [-0.15, -0.1) is 0 Å². The zero-order valence-corrected chi connectivity index (χ0v) is 16.0. The van der Waals surface area contributed by atoms with Crippen molar-refractivity contribution in [3.63, 3.8) is 0 Å². The lowest BCUT2D eigenvalue weighted by atomic mass is 9.91. The summed E-state index contributed by atoms with van der Waals surface area (Å²) in [4.78, 5) is 12.6. The number of hydrogen-bond donors (Lipinski definition) is 2. The van der Waals surface area contributed by atoms with Gasteiger partial charge in [0.2, 0.25) is 0 Å². The lowest BCUT2D eigenvalue weighted by Gasteiger charge is -2.23. The standard InChI is InChI=1S/C23H28N2O2/c1-27-22-13-19-5-2-4-18(19)12-21(22)15-25-23(26)17-9-7-16(8-10-17)20-6-3-11-24-14-20/h7-10,12-13,20,24H,2-6,11,14-15H2,1H3,(H,25,26)/t20-/m0/s1. The van der Waals surface area contributed by atoms with E-state index >= 15 is 0 Å². The van der Waals surface area contributed by atoms with Crippen molar-refractivity contribution in [3.8, 4) is 5.75 Å². The molecule has 2 aromatic rings. The molecule has 1 amide bonds. The van der Waals surface area contributed by atoms with Crippen molar-refractivity contribution in [3.05, 3.63) is 64.2 Å². The monoisotopic (exact) mass is 364 g/mol. The van der Waals surface area contributed by atoms with Crippen LogP contribution >= 0.6 is 0 Å². The van der Waals surface area contributed by atoms with Crippen molar-refractivity contribution in [2.45, 2.75) is 44.6 Å². The number of rotatable bonds is 5. The highest BCUT2D eigenvalue weighted by Crippen LogP contribution is 2.30. The first-order valence-corrected chi connectivity index (χ1v) is 10.0. The SMILES string of the molecule is COc1cc2c(cc1CNC(=O)c1ccc([C@H]3CCCNC3)cc1)CCC2. The first kappa shape index (κ1) is 18.1. The quantitative estimate of drug-likeness (QED) is 0.853. The van der Waals surface area contributed by atoms with Gasteiger partial charge >= 0.3 is 0 Å². The molecule has 2 aliphatic rings. The van der Waals surface area contributed by atoms with E-state index in [4.69, 9.17) is 4.74 Å². The number of methoxy groups -OCH3 is 1. The topological polar surface area (TPSA) is 50.4 Å². The smallest absolute Gasteiger partial charge is 0.251 e. The van der Waals surface area contributed by atoms with Gasteiger partial charge < -0.3 is 15.4 Å². The van der Waals surface area contributed by atoms with Gasteiger partial charge in [-0.2, -0.15) is 0 Å². The predicted molar refractivity (Wildman–Crippen MR) is 107 cm³/mol. The van der Waals surface area contributed by atoms with Crippen LogP contribution in [-0.4, -0.2) is 26.1 Å². The Morgan fingerprint density at radius 2 is 1.93 bits per heavy atom. The molecule has 4 rings (SSSR count). The maximum absolute atomic E-state index is 12.6. The van der Waals surface area contributed by atoms with Crippen LogP contribution in [0.1, 0.15) is 57.8 Å². The molecule has 142 valence electrons. The third kappa shape index (κ3) is 4.01. The van der Waals surface area contributed by atoms with Crippen LogP contribution in [0.2, 0.25) is 0 Å². The Hall–Kier alpha value is -2.33. The van der Waals surface area contributed by atoms with Crippen LogP contribution < -0.4 is 15.4 Å². The van der Waals surface area contributed by atoms with Gasteiger partial charge in [-0.25, -0.2) is 0 Å². The van der Waals surface area contributed by atoms with Gasteiger partial charge in [0.25, 0.3) is 5.91 Å². The van der Waals surface area contributed by atoms with E-state index < -0.39 is 0 Å². The van der Waals surface area contributed by atoms with Gasteiger partial charge in [0.15, 0.2) is 0 Å². The Labute approximate surface area is 161 Å². The fourth-order valence-electron chi connectivity index (χ4n) is 4.30. The molecular weight excluding hydrogens is 336 g/mol. The highest BCUT2D eigenvalue weighted by Gasteiger charge is 2.17. The number of carbonyl (C=O) groups is 1. The van der Waals surface area contributed by atoms with Gasteiger partial charge in [0, 0.05) is 24.2 Å². The van der Waals surface area contributed by atoms with E-state index in [9.17, 15) is 4.79 Å². The molecule has 4 heteroatoms. The average molecular weight is 364 g/mol. The Morgan fingerprint density at radius 3 is 2.63 bits per heavy atom. The minimum absolute atomic E-state index is 0.0362. The number of carbonyl (C=O) groups excluding carboxylic acids is 1. The molecule has 1 saturated heterocycles. The maximum Gasteiger partial charge on any atom is 0.251 e. The lowest BCUT2D eigenvalue weighted by molar-refractivity contribution is 0.0950. The fraction of sp³-hybridized carbons (Fsp3) is 0.435. The number of nitrogens with one attached hydrogen (secondary N) is 2. The van der Waals surface area contributed by atoms with Gasteiger partial charge in [-0.1, -0.05) is 18.2 Å². The van der Waals surface area contributed by atoms with Gasteiger partial charge in [0.05, 0.1) is 7.11 Å². The molecule has 0 saturated carbocycles. The molecular formula is C23H28N2O2. The van der Waals surface area contributed by atoms with Crippen molar-refractivity contribution in [1.29, 1.82) is 0 Å². The molecule has 2 N–H and O–H groups in total. The van der Waals surface area contributed by atoms with Crippen LogP contribution in [-0.2, 0) is 19.4 Å². The highest BCUT2D eigenvalue weighted by molar-refractivity contribution is 5.94. The normalized spacial score (nSPS) is 18.8. The molecule has 1 heterocycles. The molecule has 1 fully saturated rings. The number of fused-ring (bicyclic) bond motifs is 1. The second kappa shape index (κ2) is 8.13. The molecule has 0 radical (unpaired) electrons. The minimum Gasteiger partial charge on any atom is -0.496 e. The molecule has 4 nitrogen and oxygen atoms in total. The summed E-state index contributed by atoms with van der Waals surface area (Å²) in [5.41, 5.74) is 5.86. The summed E-state index contributed by atoms with van der Waals surface area (Å²) >= 11 is 0. The van der Waals surface area contributed by atoms with Crippen molar-refractivity contribution < 1.29 is 9.53 Å². The number of ether oxygens (including phenoxy) is 1. The van der Waals surface area contributed by atoms with Gasteiger partial charge in [-0.05, 0) is 79.5 Å². The summed E-state index contributed by atoms with van der Waals surface area (Å²) in [6, 6.07) is 12.4. The summed E-state index contributed by atoms with van der Waals surface area (Å²) in [5.74, 6) is 1.40. The predicted octanol–water partition coefficient (Wildman–Crippen LogP) is 3.58. The minimum atomic E-state index is -0.0362. The highest BCUT2D eigenvalue weighted by atomic mass is 16.5. The molecule has 0 spiro atoms. The van der Waals surface area contributed by atoms with Crippen LogP contribution in [0, 0.1) is 0 Å². The van der Waals surface area contributed by atoms with Crippen molar-refractivity contribution in [2.75, 3.05) is 20.2 Å². The van der Waals surface area contributed by atoms with E-state index in [1.165, 1.54) is 36.0 Å². The Balaban J connectivity index is 1.41. The van der Waals surface area contributed by atoms with Crippen LogP contribution in [0.5, 0.6) is 5.75 Å². The van der Waals surface area contributed by atoms with E-state index in [0.717, 1.165) is 37.2 Å². The molecule has 0 unspecified atom stereocenters. The number of aryl methyl sites for hydroxylation is 2. The van der Waals surface area contributed by atoms with E-state index in [0.29, 0.717) is 18.0 Å². The van der Waals surface area contributed by atoms with Crippen molar-refractivity contribution in [2.24, 2.45) is 0 Å². The first-order valence-electron chi connectivity index (χ1n) is 10.0. The summed E-state index contributed by atoms with van der Waals surface area (Å²) in [6.07, 6.45) is 5.89. The van der Waals surface area contributed by atoms with Gasteiger partial charge in [-0.3, -0.25) is 4.79 Å². The molecule has 27 heavy (non-hydrogen) atoms. The molecule has 1 aliphatic carbocycles. The van der Waals surface area contributed by atoms with Gasteiger partial charge in [0.1, 0.15) is 5.75 Å². The zero-order chi connectivity index (χ0) is 18.6. The van der Waals surface area contributed by atoms with E-state index in [2.05, 4.69) is 34.9 Å². The van der Waals surface area contributed by atoms with Crippen LogP contribution in [0.4, 0.5) is 0 Å². The second-order valence-electron chi connectivity index (χ2n) is 7.63. The Morgan fingerprint density at radius 1 is 1.15 bits per heavy atom. The second-order valence-corrected chi connectivity index (χ2v) is 7.63. The number of hydrogen-bond acceptors (Lipinski definition) is 3. The Bertz CT molecular complexity index is 808. The molecule has 1 atom stereocenters. The number of piperidine rings is 1. The molecule has 0 aromatic heterocycles. The average Bonchev–Trinajstić information content (AvgIpc) is 3.19. The van der Waals surface area contributed by atoms with E-state index in [1.807, 2.05) is 12.1 Å². The van der Waals surface area contributed by atoms with E-state index in [-0.39, 0.29) is 5.91 Å². The summed E-state index contributed by atoms with van der Waals surface area (Å²) < 4.78 is 5.53. The van der Waals surface area contributed by atoms with Crippen molar-refractivity contribution >= 4 is 5.91 Å². The third-order valence-electron chi connectivity index (χ3n) is 5.88. The molecule has 0 bridgehead atoms. The first-order chi connectivity index (χ1) is 13.2. The summed E-state index contributed by atoms with van der Waals surface area (Å²) in [7, 11) is 1.70. The fourth-order valence-corrected chi connectivity index (χ4v) is 4.30. The summed E-state index contributed by atoms with van der Waals surface area (Å²) in [6.45, 7) is 2.64. The van der Waals surface area contributed by atoms with Crippen LogP contribution in [0.15, 0.2) is 36.4 Å². The van der Waals surface area contributed by atoms with Crippen LogP contribution in [0.3, 0.4) is 0 Å². The summed E-state index contributed by atoms with van der Waals surface area (Å²) in [5, 5.41) is 6.50. The molecule has 2 aromatic carbocycles. The Kier molecular flexibility index (Phi) is 5.44. The van der Waals surface area contributed by atoms with Crippen molar-refractivity contribution in [1.82, 2.24) is 10.6 Å². The number of amides is 1. The lowest BCUT2D eigenvalue weighted by Crippen LogP contribution is -2.28. The maximum atomic E-state index is 12.6.